The number of rotatable bonds is 4. The van der Waals surface area contributed by atoms with E-state index in [0.29, 0.717) is 18.3 Å². The molecule has 3 amide bonds. The average Bonchev–Trinajstić information content (AvgIpc) is 2.96. The van der Waals surface area contributed by atoms with E-state index in [-0.39, 0.29) is 5.97 Å². The first-order valence-electron chi connectivity index (χ1n) is 8.00. The lowest BCUT2D eigenvalue weighted by molar-refractivity contribution is -0.149. The normalized spacial score (nSPS) is 26.6. The minimum Gasteiger partial charge on any atom is -0.456 e. The molecule has 2 aliphatic rings. The highest BCUT2D eigenvalue weighted by Crippen LogP contribution is 2.49. The molecule has 6 heteroatoms. The van der Waals surface area contributed by atoms with Gasteiger partial charge in [-0.25, -0.2) is 4.79 Å². The van der Waals surface area contributed by atoms with Gasteiger partial charge in [0, 0.05) is 12.0 Å². The Balaban J connectivity index is 1.63. The second-order valence-corrected chi connectivity index (χ2v) is 7.55. The predicted octanol–water partition coefficient (Wildman–Crippen LogP) is 1.98. The second kappa shape index (κ2) is 6.67. The molecule has 0 spiro atoms. The minimum atomic E-state index is -0.608. The first-order valence-corrected chi connectivity index (χ1v) is 8.00. The molecule has 0 aromatic rings. The highest BCUT2D eigenvalue weighted by atomic mass is 16.5. The Bertz CT molecular complexity index is 456. The van der Waals surface area contributed by atoms with Crippen LogP contribution in [0.1, 0.15) is 52.9 Å². The molecule has 0 radical (unpaired) electrons. The molecule has 124 valence electrons. The third-order valence-electron chi connectivity index (χ3n) is 4.42. The van der Waals surface area contributed by atoms with Crippen molar-refractivity contribution in [2.24, 2.45) is 17.8 Å². The van der Waals surface area contributed by atoms with Crippen LogP contribution in [0.15, 0.2) is 0 Å². The Morgan fingerprint density at radius 1 is 1.14 bits per heavy atom. The molecular weight excluding hydrogens is 284 g/mol. The van der Waals surface area contributed by atoms with Crippen molar-refractivity contribution in [3.05, 3.63) is 0 Å². The summed E-state index contributed by atoms with van der Waals surface area (Å²) in [5.41, 5.74) is -0.428. The highest BCUT2D eigenvalue weighted by Gasteiger charge is 2.40. The lowest BCUT2D eigenvalue weighted by atomic mass is 9.86. The number of carbonyl (C=O) groups excluding carboxylic acids is 3. The largest absolute Gasteiger partial charge is 0.456 e. The molecule has 0 aliphatic heterocycles. The molecule has 0 unspecified atom stereocenters. The van der Waals surface area contributed by atoms with Crippen LogP contribution in [0.3, 0.4) is 0 Å². The van der Waals surface area contributed by atoms with E-state index in [1.165, 1.54) is 19.3 Å². The zero-order chi connectivity index (χ0) is 16.3. The summed E-state index contributed by atoms with van der Waals surface area (Å²) in [6.07, 6.45) is 5.26. The number of hydrogen-bond donors (Lipinski definition) is 2. The molecule has 22 heavy (non-hydrogen) atoms. The van der Waals surface area contributed by atoms with Crippen LogP contribution >= 0.6 is 0 Å². The van der Waals surface area contributed by atoms with Crippen molar-refractivity contribution in [2.45, 2.75) is 58.4 Å². The van der Waals surface area contributed by atoms with Crippen LogP contribution in [0, 0.1) is 17.8 Å². The van der Waals surface area contributed by atoms with E-state index in [4.69, 9.17) is 4.74 Å². The van der Waals surface area contributed by atoms with Crippen molar-refractivity contribution < 1.29 is 19.1 Å². The number of fused-ring (bicyclic) bond motifs is 2. The van der Waals surface area contributed by atoms with E-state index in [0.717, 1.165) is 12.3 Å². The first kappa shape index (κ1) is 16.8. The van der Waals surface area contributed by atoms with Gasteiger partial charge < -0.3 is 10.1 Å². The van der Waals surface area contributed by atoms with E-state index < -0.39 is 24.1 Å². The molecule has 3 atom stereocenters. The zero-order valence-electron chi connectivity index (χ0n) is 13.6. The SMILES string of the molecule is CC(C)(C)NC(=O)NC(=O)COC(=O)C[C@H]1C[C@H]2CC[C@@H]1C2. The van der Waals surface area contributed by atoms with Gasteiger partial charge in [0.25, 0.3) is 5.91 Å². The van der Waals surface area contributed by atoms with E-state index >= 15 is 0 Å². The van der Waals surface area contributed by atoms with Gasteiger partial charge in [0.1, 0.15) is 0 Å². The van der Waals surface area contributed by atoms with Crippen LogP contribution < -0.4 is 10.6 Å². The average molecular weight is 310 g/mol. The molecular formula is C16H26N2O4. The monoisotopic (exact) mass is 310 g/mol. The van der Waals surface area contributed by atoms with Crippen molar-refractivity contribution in [1.29, 1.82) is 0 Å². The van der Waals surface area contributed by atoms with Crippen LogP contribution in [0.2, 0.25) is 0 Å². The van der Waals surface area contributed by atoms with Crippen molar-refractivity contribution in [1.82, 2.24) is 10.6 Å². The number of hydrogen-bond acceptors (Lipinski definition) is 4. The number of carbonyl (C=O) groups is 3. The molecule has 0 saturated heterocycles. The summed E-state index contributed by atoms with van der Waals surface area (Å²) in [4.78, 5) is 34.8. The molecule has 2 saturated carbocycles. The van der Waals surface area contributed by atoms with E-state index in [1.54, 1.807) is 0 Å². The van der Waals surface area contributed by atoms with Gasteiger partial charge in [0.2, 0.25) is 0 Å². The van der Waals surface area contributed by atoms with Crippen molar-refractivity contribution in [3.63, 3.8) is 0 Å². The Kier molecular flexibility index (Phi) is 5.08. The minimum absolute atomic E-state index is 0.344. The Hall–Kier alpha value is -1.59. The molecule has 6 nitrogen and oxygen atoms in total. The lowest BCUT2D eigenvalue weighted by Crippen LogP contribution is -2.49. The van der Waals surface area contributed by atoms with Gasteiger partial charge in [-0.05, 0) is 57.8 Å². The maximum Gasteiger partial charge on any atom is 0.321 e. The third kappa shape index (κ3) is 5.00. The molecule has 2 bridgehead atoms. The van der Waals surface area contributed by atoms with Crippen molar-refractivity contribution in [3.8, 4) is 0 Å². The predicted molar refractivity (Wildman–Crippen MR) is 80.9 cm³/mol. The van der Waals surface area contributed by atoms with Gasteiger partial charge in [0.05, 0.1) is 0 Å². The van der Waals surface area contributed by atoms with Gasteiger partial charge in [-0.3, -0.25) is 14.9 Å². The molecule has 2 N–H and O–H groups in total. The third-order valence-corrected chi connectivity index (χ3v) is 4.42. The maximum atomic E-state index is 11.8. The summed E-state index contributed by atoms with van der Waals surface area (Å²) >= 11 is 0. The molecule has 0 aromatic carbocycles. The number of urea groups is 1. The number of ether oxygens (including phenoxy) is 1. The zero-order valence-corrected chi connectivity index (χ0v) is 13.6. The fourth-order valence-electron chi connectivity index (χ4n) is 3.58. The summed E-state index contributed by atoms with van der Waals surface area (Å²) in [5.74, 6) is 0.904. The summed E-state index contributed by atoms with van der Waals surface area (Å²) < 4.78 is 4.97. The number of nitrogens with one attached hydrogen (secondary N) is 2. The van der Waals surface area contributed by atoms with Gasteiger partial charge in [-0.2, -0.15) is 0 Å². The van der Waals surface area contributed by atoms with Gasteiger partial charge >= 0.3 is 12.0 Å². The van der Waals surface area contributed by atoms with Crippen LogP contribution in [0.4, 0.5) is 4.79 Å². The maximum absolute atomic E-state index is 11.8. The quantitative estimate of drug-likeness (QED) is 0.778. The fraction of sp³-hybridized carbons (Fsp3) is 0.812. The topological polar surface area (TPSA) is 84.5 Å². The number of amides is 3. The number of imide groups is 1. The van der Waals surface area contributed by atoms with Gasteiger partial charge in [-0.1, -0.05) is 6.42 Å². The first-order chi connectivity index (χ1) is 10.2. The Morgan fingerprint density at radius 3 is 2.41 bits per heavy atom. The van der Waals surface area contributed by atoms with Crippen LogP contribution in [0.5, 0.6) is 0 Å². The summed E-state index contributed by atoms with van der Waals surface area (Å²) in [6, 6.07) is -0.582. The molecule has 2 aliphatic carbocycles. The van der Waals surface area contributed by atoms with Crippen molar-refractivity contribution in [2.75, 3.05) is 6.61 Å². The van der Waals surface area contributed by atoms with Crippen LogP contribution in [0.25, 0.3) is 0 Å². The second-order valence-electron chi connectivity index (χ2n) is 7.55. The lowest BCUT2D eigenvalue weighted by Gasteiger charge is -2.21. The number of esters is 1. The molecule has 0 heterocycles. The van der Waals surface area contributed by atoms with Gasteiger partial charge in [0.15, 0.2) is 6.61 Å². The highest BCUT2D eigenvalue weighted by molar-refractivity contribution is 5.95. The van der Waals surface area contributed by atoms with Crippen molar-refractivity contribution >= 4 is 17.9 Å². The smallest absolute Gasteiger partial charge is 0.321 e. The standard InChI is InChI=1S/C16H26N2O4/c1-16(2,3)18-15(21)17-13(19)9-22-14(20)8-12-7-10-4-5-11(12)6-10/h10-12H,4-9H2,1-3H3,(H2,17,18,19,21)/t10-,11+,12+/m0/s1. The molecule has 2 rings (SSSR count). The van der Waals surface area contributed by atoms with Crippen LogP contribution in [-0.4, -0.2) is 30.1 Å². The molecule has 0 aromatic heterocycles. The molecule has 2 fully saturated rings. The summed E-state index contributed by atoms with van der Waals surface area (Å²) in [7, 11) is 0. The summed E-state index contributed by atoms with van der Waals surface area (Å²) in [6.45, 7) is 5.03. The van der Waals surface area contributed by atoms with E-state index in [1.807, 2.05) is 20.8 Å². The van der Waals surface area contributed by atoms with Crippen LogP contribution in [-0.2, 0) is 14.3 Å². The Labute approximate surface area is 131 Å². The fourth-order valence-corrected chi connectivity index (χ4v) is 3.58. The summed E-state index contributed by atoms with van der Waals surface area (Å²) in [5, 5.41) is 4.75. The van der Waals surface area contributed by atoms with E-state index in [2.05, 4.69) is 10.6 Å². The van der Waals surface area contributed by atoms with E-state index in [9.17, 15) is 14.4 Å². The Morgan fingerprint density at radius 2 is 1.86 bits per heavy atom. The van der Waals surface area contributed by atoms with Gasteiger partial charge in [-0.15, -0.1) is 0 Å².